The largest absolute Gasteiger partial charge is 0.525 e. The molecule has 1 saturated heterocycles. The summed E-state index contributed by atoms with van der Waals surface area (Å²) in [6, 6.07) is 6.04. The van der Waals surface area contributed by atoms with Crippen molar-refractivity contribution in [1.29, 1.82) is 0 Å². The van der Waals surface area contributed by atoms with E-state index in [1.165, 1.54) is 12.1 Å². The van der Waals surface area contributed by atoms with E-state index in [4.69, 9.17) is 14.0 Å². The van der Waals surface area contributed by atoms with Gasteiger partial charge in [-0.1, -0.05) is 6.07 Å². The molecule has 24 heavy (non-hydrogen) atoms. The molecule has 130 valence electrons. The van der Waals surface area contributed by atoms with E-state index < -0.39 is 18.3 Å². The Bertz CT molecular complexity index is 633. The fourth-order valence-electron chi connectivity index (χ4n) is 2.83. The topological polar surface area (TPSA) is 27.7 Å². The summed E-state index contributed by atoms with van der Waals surface area (Å²) in [7, 11) is -0.921. The second-order valence-electron chi connectivity index (χ2n) is 7.58. The maximum absolute atomic E-state index is 14.6. The van der Waals surface area contributed by atoms with Crippen LogP contribution in [0.15, 0.2) is 35.6 Å². The van der Waals surface area contributed by atoms with E-state index in [1.807, 2.05) is 27.7 Å². The lowest BCUT2D eigenvalue weighted by Crippen LogP contribution is -2.41. The van der Waals surface area contributed by atoms with Gasteiger partial charge in [-0.25, -0.2) is 8.78 Å². The molecule has 2 fully saturated rings. The fraction of sp³-hybridized carbons (Fsp3) is 0.556. The van der Waals surface area contributed by atoms with Crippen LogP contribution < -0.4 is 4.74 Å². The number of hydrogen-bond donors (Lipinski definition) is 0. The Morgan fingerprint density at radius 2 is 1.83 bits per heavy atom. The highest BCUT2D eigenvalue weighted by atomic mass is 19.1. The van der Waals surface area contributed by atoms with Crippen LogP contribution in [0.25, 0.3) is 0 Å². The van der Waals surface area contributed by atoms with Gasteiger partial charge in [0.2, 0.25) is 0 Å². The van der Waals surface area contributed by atoms with Crippen LogP contribution >= 0.6 is 0 Å². The summed E-state index contributed by atoms with van der Waals surface area (Å²) in [5, 5.41) is 0. The molecule has 0 bridgehead atoms. The standard InChI is InChI=1S/C18H23BF2O3/c1-17(2)18(3,4)24-19(23-17)16(21)13-8-12(9-13)11-22-15-7-5-6-14(20)10-15/h5-7,10,12H,8-9,11H2,1-4H3. The summed E-state index contributed by atoms with van der Waals surface area (Å²) in [5.74, 6) is 0.406. The number of hydrogen-bond acceptors (Lipinski definition) is 3. The van der Waals surface area contributed by atoms with E-state index in [0.717, 1.165) is 5.57 Å². The molecule has 1 aromatic carbocycles. The van der Waals surface area contributed by atoms with Crippen molar-refractivity contribution in [3.63, 3.8) is 0 Å². The van der Waals surface area contributed by atoms with Crippen LogP contribution in [0.2, 0.25) is 0 Å². The van der Waals surface area contributed by atoms with Gasteiger partial charge in [-0.15, -0.1) is 0 Å². The Morgan fingerprint density at radius 3 is 2.42 bits per heavy atom. The number of allylic oxidation sites excluding steroid dienone is 1. The van der Waals surface area contributed by atoms with Crippen LogP contribution in [-0.4, -0.2) is 24.9 Å². The smallest absolute Gasteiger partial charge is 0.493 e. The summed E-state index contributed by atoms with van der Waals surface area (Å²) in [6.45, 7) is 8.06. The van der Waals surface area contributed by atoms with E-state index >= 15 is 0 Å². The quantitative estimate of drug-likeness (QED) is 0.760. The van der Waals surface area contributed by atoms with Gasteiger partial charge in [-0.2, -0.15) is 0 Å². The van der Waals surface area contributed by atoms with E-state index in [-0.39, 0.29) is 17.5 Å². The first-order valence-electron chi connectivity index (χ1n) is 8.29. The first kappa shape index (κ1) is 17.4. The molecule has 1 saturated carbocycles. The minimum atomic E-state index is -0.921. The van der Waals surface area contributed by atoms with Crippen molar-refractivity contribution in [3.05, 3.63) is 41.4 Å². The summed E-state index contributed by atoms with van der Waals surface area (Å²) in [4.78, 5) is 0. The molecule has 0 amide bonds. The highest BCUT2D eigenvalue weighted by molar-refractivity contribution is 6.53. The molecular weight excluding hydrogens is 313 g/mol. The maximum atomic E-state index is 14.6. The van der Waals surface area contributed by atoms with E-state index in [2.05, 4.69) is 0 Å². The van der Waals surface area contributed by atoms with Gasteiger partial charge in [0.05, 0.1) is 17.8 Å². The number of benzene rings is 1. The third kappa shape index (κ3) is 3.35. The Morgan fingerprint density at radius 1 is 1.21 bits per heavy atom. The van der Waals surface area contributed by atoms with Crippen molar-refractivity contribution in [2.45, 2.75) is 51.7 Å². The summed E-state index contributed by atoms with van der Waals surface area (Å²) in [6.07, 6.45) is 1.23. The van der Waals surface area contributed by atoms with Crippen LogP contribution in [0.1, 0.15) is 40.5 Å². The normalized spacial score (nSPS) is 24.7. The fourth-order valence-corrected chi connectivity index (χ4v) is 2.83. The van der Waals surface area contributed by atoms with E-state index in [9.17, 15) is 8.78 Å². The maximum Gasteiger partial charge on any atom is 0.525 e. The monoisotopic (exact) mass is 336 g/mol. The minimum absolute atomic E-state index is 0.233. The molecule has 1 aromatic rings. The molecule has 1 heterocycles. The summed E-state index contributed by atoms with van der Waals surface area (Å²) < 4.78 is 44.7. The molecule has 6 heteroatoms. The lowest BCUT2D eigenvalue weighted by Gasteiger charge is -2.32. The zero-order valence-electron chi connectivity index (χ0n) is 14.6. The van der Waals surface area contributed by atoms with Gasteiger partial charge in [-0.05, 0) is 58.2 Å². The third-order valence-electron chi connectivity index (χ3n) is 5.15. The molecule has 0 atom stereocenters. The van der Waals surface area contributed by atoms with Crippen LogP contribution in [0, 0.1) is 11.7 Å². The zero-order chi connectivity index (χ0) is 17.5. The second-order valence-corrected chi connectivity index (χ2v) is 7.58. The predicted octanol–water partition coefficient (Wildman–Crippen LogP) is 4.47. The molecule has 0 unspecified atom stereocenters. The van der Waals surface area contributed by atoms with Crippen molar-refractivity contribution in [2.75, 3.05) is 6.61 Å². The van der Waals surface area contributed by atoms with Crippen molar-refractivity contribution in [2.24, 2.45) is 5.92 Å². The number of halogens is 2. The Balaban J connectivity index is 1.53. The average Bonchev–Trinajstić information content (AvgIpc) is 2.65. The summed E-state index contributed by atoms with van der Waals surface area (Å²) in [5.41, 5.74) is -0.671. The van der Waals surface area contributed by atoms with Gasteiger partial charge >= 0.3 is 7.12 Å². The van der Waals surface area contributed by atoms with Gasteiger partial charge in [0, 0.05) is 12.0 Å². The molecule has 1 aliphatic carbocycles. The van der Waals surface area contributed by atoms with E-state index in [0.29, 0.717) is 25.2 Å². The molecular formula is C18H23BF2O3. The average molecular weight is 336 g/mol. The number of rotatable bonds is 4. The van der Waals surface area contributed by atoms with Gasteiger partial charge < -0.3 is 14.0 Å². The first-order valence-corrected chi connectivity index (χ1v) is 8.29. The van der Waals surface area contributed by atoms with Gasteiger partial charge in [0.15, 0.2) is 0 Å². The predicted molar refractivity (Wildman–Crippen MR) is 88.8 cm³/mol. The molecule has 1 aliphatic heterocycles. The SMILES string of the molecule is CC1(C)OB(C(F)=C2CC(COc3cccc(F)c3)C2)OC1(C)C. The first-order chi connectivity index (χ1) is 11.2. The molecule has 0 N–H and O–H groups in total. The van der Waals surface area contributed by atoms with Gasteiger partial charge in [0.1, 0.15) is 17.3 Å². The van der Waals surface area contributed by atoms with Crippen molar-refractivity contribution in [1.82, 2.24) is 0 Å². The van der Waals surface area contributed by atoms with Gasteiger partial charge in [-0.3, -0.25) is 0 Å². The van der Waals surface area contributed by atoms with Crippen LogP contribution in [-0.2, 0) is 9.31 Å². The third-order valence-corrected chi connectivity index (χ3v) is 5.15. The van der Waals surface area contributed by atoms with Crippen molar-refractivity contribution < 1.29 is 22.8 Å². The van der Waals surface area contributed by atoms with Gasteiger partial charge in [0.25, 0.3) is 0 Å². The minimum Gasteiger partial charge on any atom is -0.493 e. The van der Waals surface area contributed by atoms with Crippen LogP contribution in [0.5, 0.6) is 5.75 Å². The summed E-state index contributed by atoms with van der Waals surface area (Å²) >= 11 is 0. The molecule has 3 nitrogen and oxygen atoms in total. The molecule has 3 rings (SSSR count). The molecule has 0 spiro atoms. The Kier molecular flexibility index (Phi) is 4.47. The molecule has 0 aromatic heterocycles. The van der Waals surface area contributed by atoms with Crippen LogP contribution in [0.4, 0.5) is 8.78 Å². The van der Waals surface area contributed by atoms with Crippen molar-refractivity contribution in [3.8, 4) is 5.75 Å². The lowest BCUT2D eigenvalue weighted by atomic mass is 9.73. The Hall–Kier alpha value is -1.40. The van der Waals surface area contributed by atoms with E-state index in [1.54, 1.807) is 12.1 Å². The Labute approximate surface area is 142 Å². The molecule has 0 radical (unpaired) electrons. The lowest BCUT2D eigenvalue weighted by molar-refractivity contribution is 0.00578. The highest BCUT2D eigenvalue weighted by Crippen LogP contribution is 2.43. The second kappa shape index (κ2) is 6.15. The zero-order valence-corrected chi connectivity index (χ0v) is 14.6. The van der Waals surface area contributed by atoms with Crippen molar-refractivity contribution >= 4 is 7.12 Å². The number of ether oxygens (including phenoxy) is 1. The van der Waals surface area contributed by atoms with Crippen LogP contribution in [0.3, 0.4) is 0 Å². The molecule has 2 aliphatic rings. The highest BCUT2D eigenvalue weighted by Gasteiger charge is 2.54.